The SMILES string of the molecule is O=C(CCN1C(=O)NC2(CCCCC2)C1=O)NC1CCc2ccccc2C1. The molecule has 1 atom stereocenters. The maximum absolute atomic E-state index is 12.7. The largest absolute Gasteiger partial charge is 0.353 e. The maximum atomic E-state index is 12.7. The number of carbonyl (C=O) groups is 3. The van der Waals surface area contributed by atoms with Gasteiger partial charge < -0.3 is 10.6 Å². The number of hydrogen-bond acceptors (Lipinski definition) is 3. The molecule has 6 nitrogen and oxygen atoms in total. The summed E-state index contributed by atoms with van der Waals surface area (Å²) in [5.41, 5.74) is 1.95. The van der Waals surface area contributed by atoms with Crippen molar-refractivity contribution in [3.63, 3.8) is 0 Å². The van der Waals surface area contributed by atoms with Crippen LogP contribution in [0, 0.1) is 0 Å². The van der Waals surface area contributed by atoms with Gasteiger partial charge in [-0.15, -0.1) is 0 Å². The third kappa shape index (κ3) is 3.57. The topological polar surface area (TPSA) is 78.5 Å². The zero-order chi connectivity index (χ0) is 18.9. The summed E-state index contributed by atoms with van der Waals surface area (Å²) in [5, 5.41) is 5.97. The van der Waals surface area contributed by atoms with Crippen molar-refractivity contribution in [3.8, 4) is 0 Å². The summed E-state index contributed by atoms with van der Waals surface area (Å²) in [4.78, 5) is 38.6. The summed E-state index contributed by atoms with van der Waals surface area (Å²) in [5.74, 6) is -0.240. The van der Waals surface area contributed by atoms with Gasteiger partial charge in [0.05, 0.1) is 0 Å². The quantitative estimate of drug-likeness (QED) is 0.800. The Morgan fingerprint density at radius 3 is 2.67 bits per heavy atom. The number of aryl methyl sites for hydroxylation is 1. The van der Waals surface area contributed by atoms with E-state index in [1.165, 1.54) is 16.0 Å². The first kappa shape index (κ1) is 18.0. The van der Waals surface area contributed by atoms with Crippen molar-refractivity contribution in [2.75, 3.05) is 6.54 Å². The molecule has 1 saturated heterocycles. The smallest absolute Gasteiger partial charge is 0.325 e. The Hall–Kier alpha value is -2.37. The average Bonchev–Trinajstić information content (AvgIpc) is 2.90. The van der Waals surface area contributed by atoms with E-state index in [2.05, 4.69) is 28.8 Å². The highest BCUT2D eigenvalue weighted by molar-refractivity contribution is 6.07. The minimum atomic E-state index is -0.709. The lowest BCUT2D eigenvalue weighted by atomic mass is 9.82. The highest BCUT2D eigenvalue weighted by Gasteiger charge is 2.51. The molecule has 2 fully saturated rings. The van der Waals surface area contributed by atoms with E-state index in [4.69, 9.17) is 0 Å². The van der Waals surface area contributed by atoms with E-state index in [9.17, 15) is 14.4 Å². The molecule has 1 spiro atoms. The normalized spacial score (nSPS) is 23.9. The van der Waals surface area contributed by atoms with Crippen LogP contribution in [-0.4, -0.2) is 40.9 Å². The van der Waals surface area contributed by atoms with E-state index in [0.29, 0.717) is 12.8 Å². The lowest BCUT2D eigenvalue weighted by molar-refractivity contribution is -0.132. The fraction of sp³-hybridized carbons (Fsp3) is 0.571. The number of benzene rings is 1. The third-order valence-electron chi connectivity index (χ3n) is 6.23. The Balaban J connectivity index is 1.29. The number of amides is 4. The van der Waals surface area contributed by atoms with E-state index >= 15 is 0 Å². The van der Waals surface area contributed by atoms with Gasteiger partial charge >= 0.3 is 6.03 Å². The molecule has 1 aromatic carbocycles. The molecule has 0 aromatic heterocycles. The molecule has 1 unspecified atom stereocenters. The van der Waals surface area contributed by atoms with E-state index in [1.807, 2.05) is 6.07 Å². The van der Waals surface area contributed by atoms with Gasteiger partial charge in [-0.1, -0.05) is 43.5 Å². The van der Waals surface area contributed by atoms with Gasteiger partial charge in [0.25, 0.3) is 5.91 Å². The molecule has 4 rings (SSSR count). The predicted molar refractivity (Wildman–Crippen MR) is 101 cm³/mol. The minimum Gasteiger partial charge on any atom is -0.353 e. The first-order valence-corrected chi connectivity index (χ1v) is 10.1. The molecule has 1 heterocycles. The van der Waals surface area contributed by atoms with Crippen LogP contribution >= 0.6 is 0 Å². The zero-order valence-corrected chi connectivity index (χ0v) is 15.6. The summed E-state index contributed by atoms with van der Waals surface area (Å²) in [7, 11) is 0. The van der Waals surface area contributed by atoms with Crippen LogP contribution in [0.2, 0.25) is 0 Å². The maximum Gasteiger partial charge on any atom is 0.325 e. The third-order valence-corrected chi connectivity index (χ3v) is 6.23. The molecule has 1 saturated carbocycles. The van der Waals surface area contributed by atoms with Gasteiger partial charge in [0, 0.05) is 19.0 Å². The van der Waals surface area contributed by atoms with Crippen molar-refractivity contribution in [3.05, 3.63) is 35.4 Å². The van der Waals surface area contributed by atoms with Crippen LogP contribution in [0.5, 0.6) is 0 Å². The predicted octanol–water partition coefficient (Wildman–Crippen LogP) is 2.30. The lowest BCUT2D eigenvalue weighted by Crippen LogP contribution is -2.48. The molecule has 1 aromatic rings. The van der Waals surface area contributed by atoms with Gasteiger partial charge in [-0.3, -0.25) is 14.5 Å². The second-order valence-corrected chi connectivity index (χ2v) is 8.06. The monoisotopic (exact) mass is 369 g/mol. The Kier molecular flexibility index (Phi) is 4.89. The molecule has 0 bridgehead atoms. The number of urea groups is 1. The van der Waals surface area contributed by atoms with Crippen LogP contribution in [0.4, 0.5) is 4.79 Å². The lowest BCUT2D eigenvalue weighted by Gasteiger charge is -2.30. The molecular weight excluding hydrogens is 342 g/mol. The van der Waals surface area contributed by atoms with Gasteiger partial charge in [-0.25, -0.2) is 4.79 Å². The van der Waals surface area contributed by atoms with Gasteiger partial charge in [-0.05, 0) is 43.2 Å². The molecule has 6 heteroatoms. The fourth-order valence-electron chi connectivity index (χ4n) is 4.71. The van der Waals surface area contributed by atoms with Crippen molar-refractivity contribution in [2.24, 2.45) is 0 Å². The standard InChI is InChI=1S/C21H27N3O3/c25-18(22-17-9-8-15-6-2-3-7-16(15)14-17)10-13-24-19(26)21(23-20(24)27)11-4-1-5-12-21/h2-3,6-7,17H,1,4-5,8-14H2,(H,22,25)(H,23,27). The van der Waals surface area contributed by atoms with E-state index in [0.717, 1.165) is 38.5 Å². The van der Waals surface area contributed by atoms with Crippen molar-refractivity contribution in [2.45, 2.75) is 69.4 Å². The van der Waals surface area contributed by atoms with Crippen molar-refractivity contribution >= 4 is 17.8 Å². The van der Waals surface area contributed by atoms with Crippen LogP contribution in [0.3, 0.4) is 0 Å². The molecule has 2 N–H and O–H groups in total. The second kappa shape index (κ2) is 7.33. The van der Waals surface area contributed by atoms with Crippen LogP contribution in [-0.2, 0) is 22.4 Å². The Bertz CT molecular complexity index is 755. The Morgan fingerprint density at radius 2 is 1.89 bits per heavy atom. The number of fused-ring (bicyclic) bond motifs is 1. The first-order valence-electron chi connectivity index (χ1n) is 10.1. The summed E-state index contributed by atoms with van der Waals surface area (Å²) in [6.45, 7) is 0.154. The highest BCUT2D eigenvalue weighted by Crippen LogP contribution is 2.33. The van der Waals surface area contributed by atoms with E-state index in [-0.39, 0.29) is 36.9 Å². The summed E-state index contributed by atoms with van der Waals surface area (Å²) in [6, 6.07) is 8.12. The summed E-state index contributed by atoms with van der Waals surface area (Å²) in [6.07, 6.45) is 7.35. The Morgan fingerprint density at radius 1 is 1.15 bits per heavy atom. The number of nitrogens with one attached hydrogen (secondary N) is 2. The van der Waals surface area contributed by atoms with Gasteiger partial charge in [0.15, 0.2) is 0 Å². The van der Waals surface area contributed by atoms with E-state index in [1.54, 1.807) is 0 Å². The average molecular weight is 369 g/mol. The number of imide groups is 1. The Labute approximate surface area is 159 Å². The molecule has 27 heavy (non-hydrogen) atoms. The summed E-state index contributed by atoms with van der Waals surface area (Å²) < 4.78 is 0. The number of nitrogens with zero attached hydrogens (tertiary/aromatic N) is 1. The van der Waals surface area contributed by atoms with Crippen LogP contribution < -0.4 is 10.6 Å². The molecule has 2 aliphatic carbocycles. The number of rotatable bonds is 4. The summed E-state index contributed by atoms with van der Waals surface area (Å²) >= 11 is 0. The van der Waals surface area contributed by atoms with Crippen LogP contribution in [0.15, 0.2) is 24.3 Å². The van der Waals surface area contributed by atoms with Gasteiger partial charge in [0.1, 0.15) is 5.54 Å². The number of hydrogen-bond donors (Lipinski definition) is 2. The van der Waals surface area contributed by atoms with E-state index < -0.39 is 5.54 Å². The van der Waals surface area contributed by atoms with Crippen LogP contribution in [0.25, 0.3) is 0 Å². The zero-order valence-electron chi connectivity index (χ0n) is 15.6. The van der Waals surface area contributed by atoms with Crippen molar-refractivity contribution < 1.29 is 14.4 Å². The molecule has 3 aliphatic rings. The molecule has 0 radical (unpaired) electrons. The molecule has 144 valence electrons. The van der Waals surface area contributed by atoms with Crippen molar-refractivity contribution in [1.29, 1.82) is 0 Å². The van der Waals surface area contributed by atoms with Gasteiger partial charge in [-0.2, -0.15) is 0 Å². The van der Waals surface area contributed by atoms with Gasteiger partial charge in [0.2, 0.25) is 5.91 Å². The molecular formula is C21H27N3O3. The van der Waals surface area contributed by atoms with Crippen LogP contribution in [0.1, 0.15) is 56.1 Å². The van der Waals surface area contributed by atoms with Crippen molar-refractivity contribution in [1.82, 2.24) is 15.5 Å². The first-order chi connectivity index (χ1) is 13.1. The highest BCUT2D eigenvalue weighted by atomic mass is 16.2. The minimum absolute atomic E-state index is 0.0930. The number of carbonyl (C=O) groups excluding carboxylic acids is 3. The fourth-order valence-corrected chi connectivity index (χ4v) is 4.71. The molecule has 4 amide bonds. The molecule has 1 aliphatic heterocycles. The second-order valence-electron chi connectivity index (χ2n) is 8.06.